The highest BCUT2D eigenvalue weighted by molar-refractivity contribution is 6.04. The number of hydrogen-bond donors (Lipinski definition) is 1. The van der Waals surface area contributed by atoms with Crippen molar-refractivity contribution in [3.05, 3.63) is 0 Å². The Bertz CT molecular complexity index is 390. The van der Waals surface area contributed by atoms with Crippen LogP contribution < -0.4 is 5.32 Å². The summed E-state index contributed by atoms with van der Waals surface area (Å²) >= 11 is 0. The van der Waals surface area contributed by atoms with Gasteiger partial charge in [-0.2, -0.15) is 0 Å². The summed E-state index contributed by atoms with van der Waals surface area (Å²) in [6.07, 6.45) is 2.45. The molecular formula is C13H20N2O4. The molecule has 3 amide bonds. The Labute approximate surface area is 112 Å². The van der Waals surface area contributed by atoms with E-state index in [9.17, 15) is 14.4 Å². The third-order valence-corrected chi connectivity index (χ3v) is 3.80. The van der Waals surface area contributed by atoms with Crippen molar-refractivity contribution in [3.8, 4) is 0 Å². The van der Waals surface area contributed by atoms with Gasteiger partial charge in [0.05, 0.1) is 6.10 Å². The van der Waals surface area contributed by atoms with Gasteiger partial charge in [0, 0.05) is 13.0 Å². The van der Waals surface area contributed by atoms with Gasteiger partial charge in [-0.25, -0.2) is 0 Å². The molecule has 1 heterocycles. The van der Waals surface area contributed by atoms with Crippen LogP contribution in [0.5, 0.6) is 0 Å². The first-order valence-electron chi connectivity index (χ1n) is 6.76. The molecule has 1 aliphatic heterocycles. The number of amides is 3. The fourth-order valence-electron chi connectivity index (χ4n) is 2.60. The zero-order valence-electron chi connectivity index (χ0n) is 11.3. The Kier molecular flexibility index (Phi) is 4.19. The van der Waals surface area contributed by atoms with Crippen LogP contribution in [-0.4, -0.2) is 47.9 Å². The summed E-state index contributed by atoms with van der Waals surface area (Å²) in [6, 6.07) is -0.562. The minimum atomic E-state index is -0.562. The number of nitrogens with one attached hydrogen (secondary N) is 1. The average Bonchev–Trinajstić information content (AvgIpc) is 2.31. The molecule has 2 rings (SSSR count). The van der Waals surface area contributed by atoms with Gasteiger partial charge in [-0.05, 0) is 32.6 Å². The molecule has 0 aromatic carbocycles. The van der Waals surface area contributed by atoms with E-state index in [1.807, 2.05) is 6.92 Å². The van der Waals surface area contributed by atoms with Crippen LogP contribution in [0.4, 0.5) is 0 Å². The molecule has 6 heteroatoms. The number of carbonyl (C=O) groups is 3. The standard InChI is InChI=1S/C13H20N2O4/c1-3-19-10-4-9(5-10)6-12(17)15-7-11(16)14-13(18)8(15)2/h8-10H,3-7H2,1-2H3,(H,14,16,18). The van der Waals surface area contributed by atoms with E-state index in [0.29, 0.717) is 18.9 Å². The zero-order valence-corrected chi connectivity index (χ0v) is 11.3. The Balaban J connectivity index is 1.83. The smallest absolute Gasteiger partial charge is 0.249 e. The SMILES string of the molecule is CCOC1CC(CC(=O)N2CC(=O)NC(=O)C2C)C1. The number of carbonyl (C=O) groups excluding carboxylic acids is 3. The van der Waals surface area contributed by atoms with Crippen LogP contribution in [0.1, 0.15) is 33.1 Å². The van der Waals surface area contributed by atoms with Crippen molar-refractivity contribution in [2.75, 3.05) is 13.2 Å². The number of ether oxygens (including phenoxy) is 1. The molecule has 0 bridgehead atoms. The van der Waals surface area contributed by atoms with Crippen LogP contribution >= 0.6 is 0 Å². The van der Waals surface area contributed by atoms with E-state index >= 15 is 0 Å². The van der Waals surface area contributed by atoms with Crippen LogP contribution in [0.25, 0.3) is 0 Å². The Hall–Kier alpha value is -1.43. The highest BCUT2D eigenvalue weighted by Gasteiger charge is 2.37. The van der Waals surface area contributed by atoms with Gasteiger partial charge < -0.3 is 9.64 Å². The minimum absolute atomic E-state index is 0.0205. The second kappa shape index (κ2) is 5.69. The zero-order chi connectivity index (χ0) is 14.0. The predicted molar refractivity (Wildman–Crippen MR) is 67.1 cm³/mol. The molecule has 2 fully saturated rings. The van der Waals surface area contributed by atoms with Gasteiger partial charge in [-0.1, -0.05) is 0 Å². The van der Waals surface area contributed by atoms with Gasteiger partial charge in [0.15, 0.2) is 0 Å². The predicted octanol–water partition coefficient (Wildman–Crippen LogP) is 0.0651. The molecule has 0 aromatic rings. The van der Waals surface area contributed by atoms with E-state index in [2.05, 4.69) is 5.32 Å². The molecule has 6 nitrogen and oxygen atoms in total. The van der Waals surface area contributed by atoms with E-state index in [4.69, 9.17) is 4.74 Å². The van der Waals surface area contributed by atoms with Crippen molar-refractivity contribution in [3.63, 3.8) is 0 Å². The number of rotatable bonds is 4. The maximum atomic E-state index is 12.1. The maximum Gasteiger partial charge on any atom is 0.249 e. The van der Waals surface area contributed by atoms with Gasteiger partial charge >= 0.3 is 0 Å². The number of piperazine rings is 1. The lowest BCUT2D eigenvalue weighted by Gasteiger charge is -2.37. The second-order valence-corrected chi connectivity index (χ2v) is 5.23. The summed E-state index contributed by atoms with van der Waals surface area (Å²) in [6.45, 7) is 4.28. The summed E-state index contributed by atoms with van der Waals surface area (Å²) in [4.78, 5) is 36.3. The molecule has 106 valence electrons. The van der Waals surface area contributed by atoms with E-state index in [-0.39, 0.29) is 18.6 Å². The van der Waals surface area contributed by atoms with Crippen LogP contribution in [0, 0.1) is 5.92 Å². The summed E-state index contributed by atoms with van der Waals surface area (Å²) in [5.74, 6) is -0.602. The molecule has 0 aromatic heterocycles. The normalized spacial score (nSPS) is 30.8. The molecule has 1 unspecified atom stereocenters. The fraction of sp³-hybridized carbons (Fsp3) is 0.769. The van der Waals surface area contributed by atoms with E-state index in [0.717, 1.165) is 12.8 Å². The Morgan fingerprint density at radius 2 is 2.11 bits per heavy atom. The molecule has 19 heavy (non-hydrogen) atoms. The summed E-state index contributed by atoms with van der Waals surface area (Å²) in [7, 11) is 0. The lowest BCUT2D eigenvalue weighted by Crippen LogP contribution is -2.59. The van der Waals surface area contributed by atoms with Gasteiger partial charge in [-0.3, -0.25) is 19.7 Å². The number of hydrogen-bond acceptors (Lipinski definition) is 4. The van der Waals surface area contributed by atoms with E-state index in [1.54, 1.807) is 6.92 Å². The van der Waals surface area contributed by atoms with Crippen molar-refractivity contribution in [2.45, 2.75) is 45.3 Å². The molecule has 0 radical (unpaired) electrons. The van der Waals surface area contributed by atoms with Crippen molar-refractivity contribution < 1.29 is 19.1 Å². The molecule has 1 saturated carbocycles. The van der Waals surface area contributed by atoms with Crippen molar-refractivity contribution >= 4 is 17.7 Å². The van der Waals surface area contributed by atoms with Gasteiger partial charge in [-0.15, -0.1) is 0 Å². The number of imide groups is 1. The summed E-state index contributed by atoms with van der Waals surface area (Å²) < 4.78 is 5.45. The first kappa shape index (κ1) is 14.0. The summed E-state index contributed by atoms with van der Waals surface area (Å²) in [5.41, 5.74) is 0. The van der Waals surface area contributed by atoms with Crippen molar-refractivity contribution in [1.29, 1.82) is 0 Å². The molecule has 1 atom stereocenters. The highest BCUT2D eigenvalue weighted by atomic mass is 16.5. The molecular weight excluding hydrogens is 248 g/mol. The van der Waals surface area contributed by atoms with Gasteiger partial charge in [0.25, 0.3) is 0 Å². The fourth-order valence-corrected chi connectivity index (χ4v) is 2.60. The van der Waals surface area contributed by atoms with Crippen LogP contribution in [0.3, 0.4) is 0 Å². The maximum absolute atomic E-state index is 12.1. The second-order valence-electron chi connectivity index (χ2n) is 5.23. The van der Waals surface area contributed by atoms with Crippen molar-refractivity contribution in [2.24, 2.45) is 5.92 Å². The van der Waals surface area contributed by atoms with Gasteiger partial charge in [0.1, 0.15) is 12.6 Å². The Morgan fingerprint density at radius 1 is 1.42 bits per heavy atom. The minimum Gasteiger partial charge on any atom is -0.378 e. The average molecular weight is 268 g/mol. The van der Waals surface area contributed by atoms with E-state index in [1.165, 1.54) is 4.90 Å². The monoisotopic (exact) mass is 268 g/mol. The van der Waals surface area contributed by atoms with Crippen LogP contribution in [-0.2, 0) is 19.1 Å². The third kappa shape index (κ3) is 3.12. The molecule has 0 spiro atoms. The van der Waals surface area contributed by atoms with Crippen molar-refractivity contribution in [1.82, 2.24) is 10.2 Å². The van der Waals surface area contributed by atoms with Crippen LogP contribution in [0.2, 0.25) is 0 Å². The first-order chi connectivity index (χ1) is 9.01. The van der Waals surface area contributed by atoms with Crippen LogP contribution in [0.15, 0.2) is 0 Å². The topological polar surface area (TPSA) is 75.7 Å². The third-order valence-electron chi connectivity index (χ3n) is 3.80. The lowest BCUT2D eigenvalue weighted by molar-refractivity contribution is -0.151. The quantitative estimate of drug-likeness (QED) is 0.732. The Morgan fingerprint density at radius 3 is 2.74 bits per heavy atom. The molecule has 1 N–H and O–H groups in total. The number of nitrogens with zero attached hydrogens (tertiary/aromatic N) is 1. The van der Waals surface area contributed by atoms with E-state index < -0.39 is 17.9 Å². The first-order valence-corrected chi connectivity index (χ1v) is 6.76. The van der Waals surface area contributed by atoms with Gasteiger partial charge in [0.2, 0.25) is 17.7 Å². The molecule has 2 aliphatic rings. The molecule has 1 aliphatic carbocycles. The summed E-state index contributed by atoms with van der Waals surface area (Å²) in [5, 5.41) is 2.23. The largest absolute Gasteiger partial charge is 0.378 e. The lowest BCUT2D eigenvalue weighted by atomic mass is 9.79. The highest BCUT2D eigenvalue weighted by Crippen LogP contribution is 2.33. The molecule has 1 saturated heterocycles.